The van der Waals surface area contributed by atoms with E-state index in [1.165, 1.54) is 0 Å². The molecule has 0 aromatic carbocycles. The molecule has 2 aliphatic rings. The van der Waals surface area contributed by atoms with Gasteiger partial charge in [-0.15, -0.1) is 0 Å². The molecule has 0 spiro atoms. The number of amides is 2. The van der Waals surface area contributed by atoms with E-state index in [-0.39, 0.29) is 29.3 Å². The Morgan fingerprint density at radius 3 is 2.55 bits per heavy atom. The minimum absolute atomic E-state index is 0.0547. The van der Waals surface area contributed by atoms with Crippen molar-refractivity contribution in [3.05, 3.63) is 0 Å². The van der Waals surface area contributed by atoms with E-state index >= 15 is 0 Å². The van der Waals surface area contributed by atoms with E-state index < -0.39 is 0 Å². The fourth-order valence-corrected chi connectivity index (χ4v) is 3.62. The van der Waals surface area contributed by atoms with Gasteiger partial charge in [-0.05, 0) is 37.5 Å². The molecule has 2 amide bonds. The normalized spacial score (nSPS) is 28.5. The summed E-state index contributed by atoms with van der Waals surface area (Å²) in [4.78, 5) is 29.0. The van der Waals surface area contributed by atoms with E-state index in [0.717, 1.165) is 45.2 Å². The molecule has 22 heavy (non-hydrogen) atoms. The molecule has 0 radical (unpaired) electrons. The molecule has 2 fully saturated rings. The van der Waals surface area contributed by atoms with Crippen LogP contribution >= 0.6 is 0 Å². The Morgan fingerprint density at radius 2 is 1.91 bits per heavy atom. The average molecular weight is 309 g/mol. The van der Waals surface area contributed by atoms with Crippen LogP contribution in [0.5, 0.6) is 0 Å². The van der Waals surface area contributed by atoms with Crippen LogP contribution in [-0.2, 0) is 9.59 Å². The highest BCUT2D eigenvalue weighted by Crippen LogP contribution is 2.29. The molecular weight excluding hydrogens is 278 g/mol. The topological polar surface area (TPSA) is 66.6 Å². The smallest absolute Gasteiger partial charge is 0.245 e. The first-order valence-electron chi connectivity index (χ1n) is 8.70. The van der Waals surface area contributed by atoms with Crippen molar-refractivity contribution in [1.82, 2.24) is 9.80 Å². The highest BCUT2D eigenvalue weighted by atomic mass is 16.2. The second-order valence-electron chi connectivity index (χ2n) is 7.49. The predicted molar refractivity (Wildman–Crippen MR) is 87.2 cm³/mol. The van der Waals surface area contributed by atoms with Gasteiger partial charge in [-0.3, -0.25) is 9.59 Å². The van der Waals surface area contributed by atoms with E-state index in [1.54, 1.807) is 0 Å². The zero-order valence-electron chi connectivity index (χ0n) is 14.3. The van der Waals surface area contributed by atoms with Crippen molar-refractivity contribution in [2.45, 2.75) is 71.4 Å². The number of hydrogen-bond donors (Lipinski definition) is 1. The van der Waals surface area contributed by atoms with Gasteiger partial charge < -0.3 is 15.5 Å². The molecule has 5 nitrogen and oxygen atoms in total. The molecule has 2 rings (SSSR count). The summed E-state index contributed by atoms with van der Waals surface area (Å²) in [5, 5.41) is 0. The third kappa shape index (κ3) is 3.62. The van der Waals surface area contributed by atoms with E-state index in [2.05, 4.69) is 13.8 Å². The molecule has 2 aliphatic heterocycles. The number of hydrogen-bond acceptors (Lipinski definition) is 3. The Balaban J connectivity index is 2.07. The van der Waals surface area contributed by atoms with Gasteiger partial charge in [-0.2, -0.15) is 0 Å². The fourth-order valence-electron chi connectivity index (χ4n) is 3.62. The average Bonchev–Trinajstić information content (AvgIpc) is 2.49. The number of piperidine rings is 2. The van der Waals surface area contributed by atoms with Crippen LogP contribution in [-0.4, -0.2) is 53.3 Å². The van der Waals surface area contributed by atoms with Crippen LogP contribution in [0.3, 0.4) is 0 Å². The molecule has 0 aromatic heterocycles. The third-order valence-electron chi connectivity index (χ3n) is 5.20. The molecule has 126 valence electrons. The molecule has 0 aliphatic carbocycles. The standard InChI is InChI=1S/C17H31N3O2/c1-4-7-15(21)20-10-6-5-8-13(20)16(22)19-11-9-14(18)17(2,3)12-19/h13-14H,4-12,18H2,1-3H3. The minimum Gasteiger partial charge on any atom is -0.340 e. The van der Waals surface area contributed by atoms with Crippen molar-refractivity contribution in [2.24, 2.45) is 11.1 Å². The van der Waals surface area contributed by atoms with E-state index in [1.807, 2.05) is 16.7 Å². The summed E-state index contributed by atoms with van der Waals surface area (Å²) in [6, 6.07) is -0.112. The number of likely N-dealkylation sites (tertiary alicyclic amines) is 2. The van der Waals surface area contributed by atoms with Gasteiger partial charge in [0.1, 0.15) is 6.04 Å². The molecule has 2 N–H and O–H groups in total. The first-order valence-corrected chi connectivity index (χ1v) is 8.70. The van der Waals surface area contributed by atoms with Crippen LogP contribution in [0.1, 0.15) is 59.3 Å². The summed E-state index contributed by atoms with van der Waals surface area (Å²) < 4.78 is 0. The molecule has 0 bridgehead atoms. The zero-order chi connectivity index (χ0) is 16.3. The lowest BCUT2D eigenvalue weighted by atomic mass is 9.79. The third-order valence-corrected chi connectivity index (χ3v) is 5.20. The van der Waals surface area contributed by atoms with E-state index in [4.69, 9.17) is 5.73 Å². The first kappa shape index (κ1) is 17.3. The monoisotopic (exact) mass is 309 g/mol. The number of rotatable bonds is 3. The van der Waals surface area contributed by atoms with Gasteiger partial charge in [0.05, 0.1) is 0 Å². The predicted octanol–water partition coefficient (Wildman–Crippen LogP) is 1.75. The quantitative estimate of drug-likeness (QED) is 0.864. The highest BCUT2D eigenvalue weighted by Gasteiger charge is 2.40. The van der Waals surface area contributed by atoms with Crippen molar-refractivity contribution in [3.8, 4) is 0 Å². The Hall–Kier alpha value is -1.10. The molecule has 2 unspecified atom stereocenters. The molecule has 0 saturated carbocycles. The summed E-state index contributed by atoms with van der Waals surface area (Å²) in [6.07, 6.45) is 5.06. The van der Waals surface area contributed by atoms with Gasteiger partial charge >= 0.3 is 0 Å². The van der Waals surface area contributed by atoms with Gasteiger partial charge in [0, 0.05) is 32.1 Å². The number of carbonyl (C=O) groups is 2. The van der Waals surface area contributed by atoms with Crippen molar-refractivity contribution >= 4 is 11.8 Å². The first-order chi connectivity index (χ1) is 10.4. The Kier molecular flexibility index (Phi) is 5.48. The van der Waals surface area contributed by atoms with Crippen molar-refractivity contribution in [3.63, 3.8) is 0 Å². The van der Waals surface area contributed by atoms with Gasteiger partial charge in [-0.1, -0.05) is 20.8 Å². The molecule has 0 aromatic rings. The SMILES string of the molecule is CCCC(=O)N1CCCCC1C(=O)N1CCC(N)C(C)(C)C1. The van der Waals surface area contributed by atoms with Crippen LogP contribution in [0.2, 0.25) is 0 Å². The van der Waals surface area contributed by atoms with Crippen LogP contribution < -0.4 is 5.73 Å². The van der Waals surface area contributed by atoms with Crippen molar-refractivity contribution < 1.29 is 9.59 Å². The lowest BCUT2D eigenvalue weighted by Crippen LogP contribution is -2.59. The second-order valence-corrected chi connectivity index (χ2v) is 7.49. The zero-order valence-corrected chi connectivity index (χ0v) is 14.3. The van der Waals surface area contributed by atoms with Crippen molar-refractivity contribution in [1.29, 1.82) is 0 Å². The maximum absolute atomic E-state index is 13.0. The van der Waals surface area contributed by atoms with Crippen LogP contribution in [0.15, 0.2) is 0 Å². The van der Waals surface area contributed by atoms with Crippen LogP contribution in [0.4, 0.5) is 0 Å². The van der Waals surface area contributed by atoms with Crippen LogP contribution in [0.25, 0.3) is 0 Å². The van der Waals surface area contributed by atoms with Crippen molar-refractivity contribution in [2.75, 3.05) is 19.6 Å². The molecular formula is C17H31N3O2. The van der Waals surface area contributed by atoms with E-state index in [9.17, 15) is 9.59 Å². The lowest BCUT2D eigenvalue weighted by Gasteiger charge is -2.45. The molecule has 2 saturated heterocycles. The molecule has 5 heteroatoms. The minimum atomic E-state index is -0.252. The maximum atomic E-state index is 13.0. The lowest BCUT2D eigenvalue weighted by molar-refractivity contribution is -0.149. The Labute approximate surface area is 134 Å². The summed E-state index contributed by atoms with van der Waals surface area (Å²) in [5.74, 6) is 0.262. The largest absolute Gasteiger partial charge is 0.340 e. The van der Waals surface area contributed by atoms with Gasteiger partial charge in [-0.25, -0.2) is 0 Å². The summed E-state index contributed by atoms with van der Waals surface area (Å²) in [6.45, 7) is 8.39. The number of nitrogens with zero attached hydrogens (tertiary/aromatic N) is 2. The molecule has 2 atom stereocenters. The Morgan fingerprint density at radius 1 is 1.18 bits per heavy atom. The summed E-state index contributed by atoms with van der Waals surface area (Å²) >= 11 is 0. The Bertz CT molecular complexity index is 422. The summed E-state index contributed by atoms with van der Waals surface area (Å²) in [5.41, 5.74) is 6.11. The highest BCUT2D eigenvalue weighted by molar-refractivity contribution is 5.88. The number of nitrogens with two attached hydrogens (primary N) is 1. The van der Waals surface area contributed by atoms with Gasteiger partial charge in [0.2, 0.25) is 11.8 Å². The summed E-state index contributed by atoms with van der Waals surface area (Å²) in [7, 11) is 0. The maximum Gasteiger partial charge on any atom is 0.245 e. The van der Waals surface area contributed by atoms with Gasteiger partial charge in [0.25, 0.3) is 0 Å². The van der Waals surface area contributed by atoms with Crippen LogP contribution in [0, 0.1) is 5.41 Å². The second kappa shape index (κ2) is 6.99. The molecule has 2 heterocycles. The van der Waals surface area contributed by atoms with E-state index in [0.29, 0.717) is 13.0 Å². The number of carbonyl (C=O) groups excluding carboxylic acids is 2. The fraction of sp³-hybridized carbons (Fsp3) is 0.882. The van der Waals surface area contributed by atoms with Gasteiger partial charge in [0.15, 0.2) is 0 Å².